The summed E-state index contributed by atoms with van der Waals surface area (Å²) < 4.78 is 1.69. The van der Waals surface area contributed by atoms with Crippen LogP contribution in [0.25, 0.3) is 0 Å². The van der Waals surface area contributed by atoms with Crippen molar-refractivity contribution in [1.82, 2.24) is 25.3 Å². The Morgan fingerprint density at radius 3 is 2.93 bits per heavy atom. The molecule has 0 aromatic carbocycles. The third kappa shape index (κ3) is 2.36. The molecule has 5 nitrogen and oxygen atoms in total. The van der Waals surface area contributed by atoms with E-state index < -0.39 is 0 Å². The van der Waals surface area contributed by atoms with Crippen molar-refractivity contribution in [1.29, 1.82) is 0 Å². The van der Waals surface area contributed by atoms with Gasteiger partial charge in [0.15, 0.2) is 0 Å². The summed E-state index contributed by atoms with van der Waals surface area (Å²) in [6.45, 7) is 1.51. The average molecular weight is 209 g/mol. The minimum absolute atomic E-state index is 0.728. The summed E-state index contributed by atoms with van der Waals surface area (Å²) in [5.41, 5.74) is 3.85. The predicted molar refractivity (Wildman–Crippen MR) is 53.7 cm³/mol. The van der Waals surface area contributed by atoms with E-state index in [1.807, 2.05) is 24.1 Å². The Labute approximate surface area is 85.8 Å². The van der Waals surface area contributed by atoms with Crippen LogP contribution in [0.15, 0.2) is 17.1 Å². The second-order valence-corrected chi connectivity index (χ2v) is 3.69. The molecular weight excluding hydrogens is 198 g/mol. The predicted octanol–water partition coefficient (Wildman–Crippen LogP) is 0.561. The van der Waals surface area contributed by atoms with Gasteiger partial charge in [-0.3, -0.25) is 4.68 Å². The normalized spacial score (nSPS) is 10.6. The molecule has 0 aliphatic rings. The second-order valence-electron chi connectivity index (χ2n) is 2.97. The quantitative estimate of drug-likeness (QED) is 0.799. The Morgan fingerprint density at radius 1 is 1.43 bits per heavy atom. The lowest BCUT2D eigenvalue weighted by atomic mass is 10.4. The topological polar surface area (TPSA) is 55.6 Å². The Hall–Kier alpha value is -1.27. The molecule has 0 saturated carbocycles. The first-order valence-corrected chi connectivity index (χ1v) is 5.22. The van der Waals surface area contributed by atoms with E-state index in [-0.39, 0.29) is 0 Å². The zero-order valence-corrected chi connectivity index (χ0v) is 8.66. The molecule has 0 radical (unpaired) electrons. The van der Waals surface area contributed by atoms with Gasteiger partial charge >= 0.3 is 0 Å². The van der Waals surface area contributed by atoms with Crippen LogP contribution < -0.4 is 5.32 Å². The highest BCUT2D eigenvalue weighted by atomic mass is 32.1. The molecule has 0 spiro atoms. The van der Waals surface area contributed by atoms with Gasteiger partial charge in [0.2, 0.25) is 0 Å². The van der Waals surface area contributed by atoms with E-state index in [1.165, 1.54) is 0 Å². The van der Waals surface area contributed by atoms with Gasteiger partial charge in [-0.05, 0) is 0 Å². The van der Waals surface area contributed by atoms with Gasteiger partial charge < -0.3 is 5.32 Å². The largest absolute Gasteiger partial charge is 0.305 e. The highest BCUT2D eigenvalue weighted by Gasteiger charge is 1.98. The molecule has 0 saturated heterocycles. The van der Waals surface area contributed by atoms with Gasteiger partial charge in [0, 0.05) is 31.7 Å². The summed E-state index contributed by atoms with van der Waals surface area (Å²) in [6.07, 6.45) is 1.90. The van der Waals surface area contributed by atoms with Gasteiger partial charge in [0.1, 0.15) is 0 Å². The molecule has 74 valence electrons. The Kier molecular flexibility index (Phi) is 2.85. The minimum atomic E-state index is 0.728. The first-order chi connectivity index (χ1) is 6.84. The van der Waals surface area contributed by atoms with Crippen molar-refractivity contribution in [3.63, 3.8) is 0 Å². The van der Waals surface area contributed by atoms with Crippen molar-refractivity contribution in [3.8, 4) is 0 Å². The molecule has 0 aliphatic carbocycles. The van der Waals surface area contributed by atoms with Gasteiger partial charge in [-0.25, -0.2) is 4.98 Å². The lowest BCUT2D eigenvalue weighted by Crippen LogP contribution is -2.13. The van der Waals surface area contributed by atoms with Gasteiger partial charge in [0.05, 0.1) is 16.9 Å². The van der Waals surface area contributed by atoms with Crippen LogP contribution in [0.2, 0.25) is 0 Å². The van der Waals surface area contributed by atoms with E-state index in [0.717, 1.165) is 24.5 Å². The van der Waals surface area contributed by atoms with E-state index in [2.05, 4.69) is 20.6 Å². The van der Waals surface area contributed by atoms with Crippen LogP contribution in [0.4, 0.5) is 0 Å². The van der Waals surface area contributed by atoms with Crippen LogP contribution in [-0.2, 0) is 20.1 Å². The van der Waals surface area contributed by atoms with Gasteiger partial charge in [-0.15, -0.1) is 16.4 Å². The van der Waals surface area contributed by atoms with Crippen molar-refractivity contribution < 1.29 is 0 Å². The van der Waals surface area contributed by atoms with Crippen molar-refractivity contribution in [2.45, 2.75) is 13.1 Å². The summed E-state index contributed by atoms with van der Waals surface area (Å²) >= 11 is 1.61. The molecule has 0 aliphatic heterocycles. The molecule has 2 heterocycles. The van der Waals surface area contributed by atoms with Gasteiger partial charge in [-0.1, -0.05) is 5.21 Å². The molecule has 6 heteroatoms. The third-order valence-electron chi connectivity index (χ3n) is 1.75. The van der Waals surface area contributed by atoms with Crippen molar-refractivity contribution in [3.05, 3.63) is 28.5 Å². The molecule has 1 N–H and O–H groups in total. The molecule has 0 amide bonds. The number of aromatic nitrogens is 4. The van der Waals surface area contributed by atoms with E-state index in [4.69, 9.17) is 0 Å². The van der Waals surface area contributed by atoms with Gasteiger partial charge in [-0.2, -0.15) is 0 Å². The fourth-order valence-electron chi connectivity index (χ4n) is 1.12. The maximum atomic E-state index is 4.17. The Bertz CT molecular complexity index is 380. The highest BCUT2D eigenvalue weighted by molar-refractivity contribution is 7.07. The zero-order chi connectivity index (χ0) is 9.80. The molecule has 0 fully saturated rings. The summed E-state index contributed by atoms with van der Waals surface area (Å²) in [5.74, 6) is 0. The molecule has 14 heavy (non-hydrogen) atoms. The number of hydrogen-bond acceptors (Lipinski definition) is 5. The first kappa shape index (κ1) is 9.29. The Morgan fingerprint density at radius 2 is 2.29 bits per heavy atom. The fraction of sp³-hybridized carbons (Fsp3) is 0.375. The number of nitrogens with zero attached hydrogens (tertiary/aromatic N) is 4. The van der Waals surface area contributed by atoms with Gasteiger partial charge in [0.25, 0.3) is 0 Å². The molecule has 2 aromatic heterocycles. The minimum Gasteiger partial charge on any atom is -0.305 e. The third-order valence-corrected chi connectivity index (χ3v) is 2.38. The second kappa shape index (κ2) is 4.30. The number of rotatable bonds is 4. The van der Waals surface area contributed by atoms with Crippen LogP contribution in [0, 0.1) is 0 Å². The van der Waals surface area contributed by atoms with Crippen molar-refractivity contribution in [2.24, 2.45) is 7.05 Å². The first-order valence-electron chi connectivity index (χ1n) is 4.27. The van der Waals surface area contributed by atoms with Crippen LogP contribution in [0.1, 0.15) is 11.4 Å². The number of thiazole rings is 1. The van der Waals surface area contributed by atoms with Crippen molar-refractivity contribution >= 4 is 11.3 Å². The molecule has 0 bridgehead atoms. The van der Waals surface area contributed by atoms with Crippen LogP contribution in [0.3, 0.4) is 0 Å². The summed E-state index contributed by atoms with van der Waals surface area (Å²) in [7, 11) is 1.86. The van der Waals surface area contributed by atoms with Crippen molar-refractivity contribution in [2.75, 3.05) is 0 Å². The van der Waals surface area contributed by atoms with E-state index in [9.17, 15) is 0 Å². The number of nitrogens with one attached hydrogen (secondary N) is 1. The number of hydrogen-bond donors (Lipinski definition) is 1. The lowest BCUT2D eigenvalue weighted by molar-refractivity contribution is 0.665. The van der Waals surface area contributed by atoms with Crippen LogP contribution in [0.5, 0.6) is 0 Å². The zero-order valence-electron chi connectivity index (χ0n) is 7.84. The average Bonchev–Trinajstić information content (AvgIpc) is 2.77. The standard InChI is InChI=1S/C8H11N5S/c1-13-4-7(11-12-13)2-9-3-8-5-14-6-10-8/h4-6,9H,2-3H2,1H3. The number of aryl methyl sites for hydroxylation is 1. The summed E-state index contributed by atoms with van der Waals surface area (Å²) in [5, 5.41) is 13.1. The van der Waals surface area contributed by atoms with Crippen LogP contribution >= 0.6 is 11.3 Å². The van der Waals surface area contributed by atoms with Crippen LogP contribution in [-0.4, -0.2) is 20.0 Å². The molecule has 0 atom stereocenters. The van der Waals surface area contributed by atoms with E-state index >= 15 is 0 Å². The maximum absolute atomic E-state index is 4.17. The molecule has 2 rings (SSSR count). The smallest absolute Gasteiger partial charge is 0.0964 e. The summed E-state index contributed by atoms with van der Waals surface area (Å²) in [4.78, 5) is 4.17. The highest BCUT2D eigenvalue weighted by Crippen LogP contribution is 2.00. The van der Waals surface area contributed by atoms with E-state index in [1.54, 1.807) is 16.0 Å². The Balaban J connectivity index is 1.78. The summed E-state index contributed by atoms with van der Waals surface area (Å²) in [6, 6.07) is 0. The fourth-order valence-corrected chi connectivity index (χ4v) is 1.68. The maximum Gasteiger partial charge on any atom is 0.0964 e. The molecule has 2 aromatic rings. The lowest BCUT2D eigenvalue weighted by Gasteiger charge is -1.97. The SMILES string of the molecule is Cn1cc(CNCc2cscn2)nn1. The molecule has 0 unspecified atom stereocenters. The molecular formula is C8H11N5S. The monoisotopic (exact) mass is 209 g/mol. The van der Waals surface area contributed by atoms with E-state index in [0.29, 0.717) is 0 Å².